The Morgan fingerprint density at radius 3 is 1.39 bits per heavy atom. The summed E-state index contributed by atoms with van der Waals surface area (Å²) < 4.78 is 22.4. The molecule has 0 spiro atoms. The lowest BCUT2D eigenvalue weighted by atomic mass is 10.0. The Morgan fingerprint density at radius 2 is 0.978 bits per heavy atom. The van der Waals surface area contributed by atoms with Crippen LogP contribution in [0, 0.1) is 0 Å². The van der Waals surface area contributed by atoms with Gasteiger partial charge in [-0.1, -0.05) is 136 Å². The van der Waals surface area contributed by atoms with Gasteiger partial charge in [-0.25, -0.2) is 0 Å². The zero-order chi connectivity index (χ0) is 34.3. The summed E-state index contributed by atoms with van der Waals surface area (Å²) in [6.45, 7) is 4.70. The molecule has 0 heterocycles. The number of ether oxygens (including phenoxy) is 4. The molecule has 0 radical (unpaired) electrons. The molecule has 9 heteroatoms. The lowest BCUT2D eigenvalue weighted by Crippen LogP contribution is -2.44. The highest BCUT2D eigenvalue weighted by Gasteiger charge is 2.21. The largest absolute Gasteiger partial charge is 0.545 e. The molecule has 0 fully saturated rings. The van der Waals surface area contributed by atoms with E-state index in [9.17, 15) is 19.5 Å². The highest BCUT2D eigenvalue weighted by molar-refractivity contribution is 5.70. The molecule has 0 saturated heterocycles. The minimum atomic E-state index is -1.61. The molecule has 0 aromatic rings. The Hall–Kier alpha value is -1.71. The van der Waals surface area contributed by atoms with Gasteiger partial charge in [0.15, 0.2) is 12.4 Å². The van der Waals surface area contributed by atoms with E-state index >= 15 is 0 Å². The minimum absolute atomic E-state index is 0.152. The van der Waals surface area contributed by atoms with Gasteiger partial charge in [0.1, 0.15) is 13.2 Å². The molecule has 0 amide bonds. The molecule has 0 aliphatic heterocycles. The van der Waals surface area contributed by atoms with Gasteiger partial charge in [-0.2, -0.15) is 0 Å². The van der Waals surface area contributed by atoms with Crippen molar-refractivity contribution < 1.29 is 42.9 Å². The second-order valence-electron chi connectivity index (χ2n) is 13.9. The zero-order valence-electron chi connectivity index (χ0n) is 30.5. The minimum Gasteiger partial charge on any atom is -0.545 e. The number of nitrogens with zero attached hydrogens (tertiary/aromatic N) is 1. The monoisotopic (exact) mass is 658 g/mol. The van der Waals surface area contributed by atoms with Crippen molar-refractivity contribution in [2.45, 2.75) is 174 Å². The summed E-state index contributed by atoms with van der Waals surface area (Å²) in [4.78, 5) is 36.6. The van der Waals surface area contributed by atoms with Crippen LogP contribution < -0.4 is 5.11 Å². The quantitative estimate of drug-likeness (QED) is 0.0308. The first-order chi connectivity index (χ1) is 22.1. The lowest BCUT2D eigenvalue weighted by molar-refractivity contribution is -0.870. The molecule has 0 aliphatic rings. The van der Waals surface area contributed by atoms with Crippen LogP contribution in [0.4, 0.5) is 0 Å². The number of unbranched alkanes of at least 4 members (excludes halogenated alkanes) is 19. The van der Waals surface area contributed by atoms with Crippen LogP contribution in [0.3, 0.4) is 0 Å². The van der Waals surface area contributed by atoms with Gasteiger partial charge in [0.25, 0.3) is 0 Å². The van der Waals surface area contributed by atoms with Crippen LogP contribution in [-0.2, 0) is 33.3 Å². The maximum absolute atomic E-state index is 12.6. The normalized spacial score (nSPS) is 13.0. The van der Waals surface area contributed by atoms with Crippen molar-refractivity contribution in [1.82, 2.24) is 0 Å². The number of likely N-dealkylation sites (N-methyl/N-ethyl adjacent to an activating group) is 1. The Morgan fingerprint density at radius 1 is 0.565 bits per heavy atom. The number of carboxylic acids is 1. The number of rotatable bonds is 34. The molecule has 0 rings (SSSR count). The summed E-state index contributed by atoms with van der Waals surface area (Å²) in [5, 5.41) is 11.6. The van der Waals surface area contributed by atoms with E-state index in [4.69, 9.17) is 18.9 Å². The molecule has 0 aliphatic carbocycles. The van der Waals surface area contributed by atoms with E-state index in [0.717, 1.165) is 38.5 Å². The van der Waals surface area contributed by atoms with Crippen molar-refractivity contribution in [3.8, 4) is 0 Å². The molecule has 0 bridgehead atoms. The highest BCUT2D eigenvalue weighted by Crippen LogP contribution is 2.14. The van der Waals surface area contributed by atoms with Crippen molar-refractivity contribution in [1.29, 1.82) is 0 Å². The molecular weight excluding hydrogens is 586 g/mol. The molecule has 2 unspecified atom stereocenters. The SMILES string of the molecule is CCCCCCCCCCCCCCCC(=O)OC(COC(=O)CCCCCCCCCC)COC(OCC[N+](C)(C)C)C(=O)[O-]. The van der Waals surface area contributed by atoms with Gasteiger partial charge in [0.2, 0.25) is 0 Å². The van der Waals surface area contributed by atoms with Crippen molar-refractivity contribution in [3.05, 3.63) is 0 Å². The molecule has 0 saturated carbocycles. The van der Waals surface area contributed by atoms with E-state index < -0.39 is 24.3 Å². The van der Waals surface area contributed by atoms with E-state index in [1.54, 1.807) is 0 Å². The van der Waals surface area contributed by atoms with Crippen molar-refractivity contribution in [2.24, 2.45) is 0 Å². The summed E-state index contributed by atoms with van der Waals surface area (Å²) in [7, 11) is 5.90. The summed E-state index contributed by atoms with van der Waals surface area (Å²) >= 11 is 0. The standard InChI is InChI=1S/C37H71NO8/c1-6-8-10-12-14-16-17-18-19-20-22-24-26-28-35(40)46-33(32-45-37(36(41)42)43-30-29-38(3,4)5)31-44-34(39)27-25-23-21-15-13-11-9-7-2/h33,37H,6-32H2,1-5H3. The van der Waals surface area contributed by atoms with Gasteiger partial charge in [-0.05, 0) is 12.8 Å². The third-order valence-electron chi connectivity index (χ3n) is 8.10. The predicted molar refractivity (Wildman–Crippen MR) is 182 cm³/mol. The molecule has 0 aromatic carbocycles. The van der Waals surface area contributed by atoms with Gasteiger partial charge < -0.3 is 33.3 Å². The molecular formula is C37H71NO8. The third-order valence-corrected chi connectivity index (χ3v) is 8.10. The van der Waals surface area contributed by atoms with Gasteiger partial charge in [0.05, 0.1) is 40.3 Å². The molecule has 46 heavy (non-hydrogen) atoms. The smallest absolute Gasteiger partial charge is 0.306 e. The van der Waals surface area contributed by atoms with Crippen molar-refractivity contribution in [3.63, 3.8) is 0 Å². The predicted octanol–water partition coefficient (Wildman–Crippen LogP) is 7.27. The Bertz CT molecular complexity index is 739. The van der Waals surface area contributed by atoms with Gasteiger partial charge >= 0.3 is 11.9 Å². The Labute approximate surface area is 282 Å². The number of hydrogen-bond acceptors (Lipinski definition) is 8. The Kier molecular flexibility index (Phi) is 29.5. The molecule has 0 N–H and O–H groups in total. The first-order valence-corrected chi connectivity index (χ1v) is 18.7. The number of quaternary nitrogens is 1. The zero-order valence-corrected chi connectivity index (χ0v) is 30.5. The number of esters is 2. The number of aliphatic carboxylic acids is 1. The van der Waals surface area contributed by atoms with Crippen LogP contribution in [0.5, 0.6) is 0 Å². The van der Waals surface area contributed by atoms with Crippen LogP contribution in [0.1, 0.15) is 162 Å². The summed E-state index contributed by atoms with van der Waals surface area (Å²) in [5.41, 5.74) is 0. The van der Waals surface area contributed by atoms with Crippen LogP contribution >= 0.6 is 0 Å². The summed E-state index contributed by atoms with van der Waals surface area (Å²) in [6.07, 6.45) is 22.8. The van der Waals surface area contributed by atoms with E-state index in [1.807, 2.05) is 21.1 Å². The maximum Gasteiger partial charge on any atom is 0.306 e. The maximum atomic E-state index is 12.6. The van der Waals surface area contributed by atoms with E-state index in [-0.39, 0.29) is 32.2 Å². The van der Waals surface area contributed by atoms with Crippen LogP contribution in [0.2, 0.25) is 0 Å². The number of hydrogen-bond donors (Lipinski definition) is 0. The van der Waals surface area contributed by atoms with E-state index in [1.165, 1.54) is 96.3 Å². The first-order valence-electron chi connectivity index (χ1n) is 18.7. The average molecular weight is 658 g/mol. The fraction of sp³-hybridized carbons (Fsp3) is 0.919. The average Bonchev–Trinajstić information content (AvgIpc) is 3.00. The lowest BCUT2D eigenvalue weighted by Gasteiger charge is -2.26. The van der Waals surface area contributed by atoms with Gasteiger partial charge in [-0.15, -0.1) is 0 Å². The number of carbonyl (C=O) groups excluding carboxylic acids is 3. The number of carboxylic acid groups (broad SMARTS) is 1. The fourth-order valence-corrected chi connectivity index (χ4v) is 5.12. The molecule has 9 nitrogen and oxygen atoms in total. The summed E-state index contributed by atoms with van der Waals surface area (Å²) in [6, 6.07) is 0. The van der Waals surface area contributed by atoms with E-state index in [2.05, 4.69) is 13.8 Å². The van der Waals surface area contributed by atoms with Crippen LogP contribution in [0.25, 0.3) is 0 Å². The fourth-order valence-electron chi connectivity index (χ4n) is 5.12. The van der Waals surface area contributed by atoms with Crippen molar-refractivity contribution >= 4 is 17.9 Å². The molecule has 272 valence electrons. The van der Waals surface area contributed by atoms with Crippen LogP contribution in [0.15, 0.2) is 0 Å². The molecule has 0 aromatic heterocycles. The highest BCUT2D eigenvalue weighted by atomic mass is 16.7. The third kappa shape index (κ3) is 30.9. The van der Waals surface area contributed by atoms with Gasteiger partial charge in [-0.3, -0.25) is 9.59 Å². The first kappa shape index (κ1) is 44.3. The van der Waals surface area contributed by atoms with E-state index in [0.29, 0.717) is 17.4 Å². The summed E-state index contributed by atoms with van der Waals surface area (Å²) in [5.74, 6) is -2.28. The van der Waals surface area contributed by atoms with Crippen LogP contribution in [-0.4, -0.2) is 82.3 Å². The second kappa shape index (κ2) is 30.6. The number of carbonyl (C=O) groups is 3. The molecule has 2 atom stereocenters. The topological polar surface area (TPSA) is 111 Å². The van der Waals surface area contributed by atoms with Crippen molar-refractivity contribution in [2.75, 3.05) is 47.5 Å². The Balaban J connectivity index is 4.52. The van der Waals surface area contributed by atoms with Gasteiger partial charge in [0, 0.05) is 12.8 Å². The second-order valence-corrected chi connectivity index (χ2v) is 13.9.